The summed E-state index contributed by atoms with van der Waals surface area (Å²) in [5.41, 5.74) is 0.817. The maximum absolute atomic E-state index is 13.4. The van der Waals surface area contributed by atoms with Crippen LogP contribution in [0.2, 0.25) is 0 Å². The molecule has 3 nitrogen and oxygen atoms in total. The number of nitrogens with zero attached hydrogens (tertiary/aromatic N) is 2. The summed E-state index contributed by atoms with van der Waals surface area (Å²) in [7, 11) is -0.734. The van der Waals surface area contributed by atoms with Crippen molar-refractivity contribution in [2.45, 2.75) is 0 Å². The van der Waals surface area contributed by atoms with Crippen LogP contribution < -0.4 is 4.90 Å². The summed E-state index contributed by atoms with van der Waals surface area (Å²) in [6, 6.07) is 6.37. The second-order valence-electron chi connectivity index (χ2n) is 3.61. The molecule has 5 heteroatoms. The third-order valence-electron chi connectivity index (χ3n) is 2.62. The summed E-state index contributed by atoms with van der Waals surface area (Å²) in [6.45, 7) is 1.36. The molecule has 1 heterocycles. The number of hydrogen-bond donors (Lipinski definition) is 0. The van der Waals surface area contributed by atoms with Crippen LogP contribution >= 0.6 is 0 Å². The lowest BCUT2D eigenvalue weighted by Crippen LogP contribution is -2.37. The Labute approximate surface area is 95.9 Å². The standard InChI is InChI=1S/C11H11FN2OS/c12-11-7-10(2-1-9(11)8-13)14-3-5-16(15)6-4-14/h1-2,7H,3-6H2. The van der Waals surface area contributed by atoms with Crippen molar-refractivity contribution in [1.29, 1.82) is 5.26 Å². The van der Waals surface area contributed by atoms with Crippen molar-refractivity contribution in [3.8, 4) is 6.07 Å². The monoisotopic (exact) mass is 238 g/mol. The van der Waals surface area contributed by atoms with E-state index in [2.05, 4.69) is 0 Å². The van der Waals surface area contributed by atoms with E-state index in [-0.39, 0.29) is 5.56 Å². The first kappa shape index (κ1) is 11.1. The van der Waals surface area contributed by atoms with E-state index >= 15 is 0 Å². The van der Waals surface area contributed by atoms with Gasteiger partial charge in [0, 0.05) is 41.1 Å². The van der Waals surface area contributed by atoms with Gasteiger partial charge >= 0.3 is 0 Å². The lowest BCUT2D eigenvalue weighted by molar-refractivity contribution is 0.622. The van der Waals surface area contributed by atoms with Crippen LogP contribution in [0.3, 0.4) is 0 Å². The Morgan fingerprint density at radius 3 is 2.62 bits per heavy atom. The smallest absolute Gasteiger partial charge is 0.143 e. The number of hydrogen-bond acceptors (Lipinski definition) is 3. The van der Waals surface area contributed by atoms with Gasteiger partial charge in [0.1, 0.15) is 11.9 Å². The third kappa shape index (κ3) is 2.22. The maximum atomic E-state index is 13.4. The predicted molar refractivity (Wildman–Crippen MR) is 61.2 cm³/mol. The largest absolute Gasteiger partial charge is 0.370 e. The Hall–Kier alpha value is -1.41. The molecule has 1 aromatic rings. The fourth-order valence-corrected chi connectivity index (χ4v) is 2.74. The molecule has 0 aliphatic carbocycles. The second-order valence-corrected chi connectivity index (χ2v) is 5.31. The molecule has 0 unspecified atom stereocenters. The van der Waals surface area contributed by atoms with Crippen molar-refractivity contribution in [3.05, 3.63) is 29.6 Å². The Morgan fingerprint density at radius 1 is 1.38 bits per heavy atom. The zero-order valence-electron chi connectivity index (χ0n) is 8.65. The van der Waals surface area contributed by atoms with E-state index in [9.17, 15) is 8.60 Å². The third-order valence-corrected chi connectivity index (χ3v) is 3.89. The van der Waals surface area contributed by atoms with Gasteiger partial charge in [0.25, 0.3) is 0 Å². The highest BCUT2D eigenvalue weighted by atomic mass is 32.2. The van der Waals surface area contributed by atoms with Crippen molar-refractivity contribution < 1.29 is 8.60 Å². The zero-order chi connectivity index (χ0) is 11.5. The van der Waals surface area contributed by atoms with Crippen LogP contribution in [0, 0.1) is 17.1 Å². The average Bonchev–Trinajstić information content (AvgIpc) is 2.30. The predicted octanol–water partition coefficient (Wildman–Crippen LogP) is 1.27. The Balaban J connectivity index is 2.19. The number of halogens is 1. The van der Waals surface area contributed by atoms with Crippen molar-refractivity contribution in [2.24, 2.45) is 0 Å². The first-order valence-electron chi connectivity index (χ1n) is 5.00. The summed E-state index contributed by atoms with van der Waals surface area (Å²) in [6.07, 6.45) is 0. The van der Waals surface area contributed by atoms with Crippen LogP contribution in [0.1, 0.15) is 5.56 Å². The second kappa shape index (κ2) is 4.62. The van der Waals surface area contributed by atoms with E-state index in [1.807, 2.05) is 4.90 Å². The van der Waals surface area contributed by atoms with Gasteiger partial charge in [0.05, 0.1) is 5.56 Å². The molecule has 0 N–H and O–H groups in total. The molecule has 2 rings (SSSR count). The van der Waals surface area contributed by atoms with E-state index in [1.54, 1.807) is 12.1 Å². The molecule has 0 aromatic heterocycles. The fourth-order valence-electron chi connectivity index (χ4n) is 1.69. The quantitative estimate of drug-likeness (QED) is 0.740. The minimum absolute atomic E-state index is 0.0596. The van der Waals surface area contributed by atoms with Gasteiger partial charge in [-0.3, -0.25) is 4.21 Å². The molecule has 0 saturated carbocycles. The van der Waals surface area contributed by atoms with Crippen LogP contribution in [0.25, 0.3) is 0 Å². The molecule has 1 aromatic carbocycles. The Morgan fingerprint density at radius 2 is 2.06 bits per heavy atom. The molecular weight excluding hydrogens is 227 g/mol. The van der Waals surface area contributed by atoms with Gasteiger partial charge in [0.2, 0.25) is 0 Å². The fraction of sp³-hybridized carbons (Fsp3) is 0.364. The molecule has 16 heavy (non-hydrogen) atoms. The molecule has 0 bridgehead atoms. The summed E-state index contributed by atoms with van der Waals surface area (Å²) in [5.74, 6) is 0.759. The van der Waals surface area contributed by atoms with E-state index in [4.69, 9.17) is 5.26 Å². The molecule has 0 amide bonds. The summed E-state index contributed by atoms with van der Waals surface area (Å²) < 4.78 is 24.5. The van der Waals surface area contributed by atoms with Gasteiger partial charge in [-0.25, -0.2) is 4.39 Å². The topological polar surface area (TPSA) is 44.1 Å². The lowest BCUT2D eigenvalue weighted by atomic mass is 10.2. The molecule has 1 aliphatic rings. The molecule has 0 atom stereocenters. The van der Waals surface area contributed by atoms with Gasteiger partial charge < -0.3 is 4.90 Å². The molecule has 0 radical (unpaired) electrons. The molecule has 0 spiro atoms. The van der Waals surface area contributed by atoms with Crippen LogP contribution in [0.4, 0.5) is 10.1 Å². The zero-order valence-corrected chi connectivity index (χ0v) is 9.47. The minimum atomic E-state index is -0.734. The summed E-state index contributed by atoms with van der Waals surface area (Å²) >= 11 is 0. The van der Waals surface area contributed by atoms with Crippen molar-refractivity contribution in [1.82, 2.24) is 0 Å². The van der Waals surface area contributed by atoms with Gasteiger partial charge in [-0.15, -0.1) is 0 Å². The van der Waals surface area contributed by atoms with Crippen LogP contribution in [-0.4, -0.2) is 28.8 Å². The lowest BCUT2D eigenvalue weighted by Gasteiger charge is -2.28. The normalized spacial score (nSPS) is 17.1. The Bertz CT molecular complexity index is 460. The average molecular weight is 238 g/mol. The minimum Gasteiger partial charge on any atom is -0.370 e. The number of benzene rings is 1. The van der Waals surface area contributed by atoms with E-state index in [0.717, 1.165) is 5.69 Å². The number of anilines is 1. The highest BCUT2D eigenvalue weighted by molar-refractivity contribution is 7.85. The molecule has 1 fully saturated rings. The van der Waals surface area contributed by atoms with Gasteiger partial charge in [0.15, 0.2) is 0 Å². The first-order chi connectivity index (χ1) is 7.70. The SMILES string of the molecule is N#Cc1ccc(N2CCS(=O)CC2)cc1F. The number of nitriles is 1. The molecule has 1 aliphatic heterocycles. The van der Waals surface area contributed by atoms with Crippen LogP contribution in [0.15, 0.2) is 18.2 Å². The molecule has 84 valence electrons. The Kier molecular flexibility index (Phi) is 3.20. The van der Waals surface area contributed by atoms with Gasteiger partial charge in [-0.2, -0.15) is 5.26 Å². The van der Waals surface area contributed by atoms with E-state index < -0.39 is 16.6 Å². The maximum Gasteiger partial charge on any atom is 0.143 e. The van der Waals surface area contributed by atoms with Crippen LogP contribution in [-0.2, 0) is 10.8 Å². The highest BCUT2D eigenvalue weighted by Crippen LogP contribution is 2.19. The summed E-state index contributed by atoms with van der Waals surface area (Å²) in [4.78, 5) is 1.99. The highest BCUT2D eigenvalue weighted by Gasteiger charge is 2.16. The number of rotatable bonds is 1. The summed E-state index contributed by atoms with van der Waals surface area (Å²) in [5, 5.41) is 8.61. The van der Waals surface area contributed by atoms with E-state index in [0.29, 0.717) is 24.6 Å². The van der Waals surface area contributed by atoms with Gasteiger partial charge in [-0.05, 0) is 18.2 Å². The molecule has 1 saturated heterocycles. The van der Waals surface area contributed by atoms with E-state index in [1.165, 1.54) is 12.1 Å². The van der Waals surface area contributed by atoms with Gasteiger partial charge in [-0.1, -0.05) is 0 Å². The van der Waals surface area contributed by atoms with Crippen molar-refractivity contribution in [3.63, 3.8) is 0 Å². The van der Waals surface area contributed by atoms with Crippen molar-refractivity contribution in [2.75, 3.05) is 29.5 Å². The van der Waals surface area contributed by atoms with Crippen molar-refractivity contribution >= 4 is 16.5 Å². The molecular formula is C11H11FN2OS. The van der Waals surface area contributed by atoms with Crippen LogP contribution in [0.5, 0.6) is 0 Å². The first-order valence-corrected chi connectivity index (χ1v) is 6.49.